The minimum absolute atomic E-state index is 0.259. The van der Waals surface area contributed by atoms with E-state index in [0.29, 0.717) is 25.3 Å². The van der Waals surface area contributed by atoms with Crippen LogP contribution in [-0.2, 0) is 11.2 Å². The van der Waals surface area contributed by atoms with Crippen molar-refractivity contribution in [3.63, 3.8) is 0 Å². The van der Waals surface area contributed by atoms with Gasteiger partial charge in [-0.2, -0.15) is 0 Å². The molecule has 0 radical (unpaired) electrons. The van der Waals surface area contributed by atoms with E-state index in [0.717, 1.165) is 21.6 Å². The van der Waals surface area contributed by atoms with Crippen LogP contribution in [-0.4, -0.2) is 17.3 Å². The van der Waals surface area contributed by atoms with Crippen molar-refractivity contribution in [2.45, 2.75) is 26.2 Å². The molecule has 0 aliphatic heterocycles. The molecule has 96 valence electrons. The number of fused-ring (bicyclic) bond motifs is 1. The van der Waals surface area contributed by atoms with E-state index in [1.807, 2.05) is 24.3 Å². The van der Waals surface area contributed by atoms with Gasteiger partial charge in [-0.3, -0.25) is 4.79 Å². The van der Waals surface area contributed by atoms with Gasteiger partial charge in [0.15, 0.2) is 0 Å². The topological polar surface area (TPSA) is 56.0 Å². The number of ketones is 1. The lowest BCUT2D eigenvalue weighted by Crippen LogP contribution is -2.13. The van der Waals surface area contributed by atoms with Gasteiger partial charge in [-0.15, -0.1) is 11.3 Å². The summed E-state index contributed by atoms with van der Waals surface area (Å²) in [7, 11) is 0. The molecule has 4 heteroatoms. The van der Waals surface area contributed by atoms with E-state index in [1.54, 1.807) is 11.3 Å². The van der Waals surface area contributed by atoms with Gasteiger partial charge >= 0.3 is 0 Å². The van der Waals surface area contributed by atoms with Crippen molar-refractivity contribution >= 4 is 27.3 Å². The van der Waals surface area contributed by atoms with E-state index in [-0.39, 0.29) is 5.78 Å². The average molecular weight is 262 g/mol. The summed E-state index contributed by atoms with van der Waals surface area (Å²) >= 11 is 1.61. The van der Waals surface area contributed by atoms with Crippen LogP contribution < -0.4 is 5.73 Å². The van der Waals surface area contributed by atoms with E-state index in [2.05, 4.69) is 11.9 Å². The first-order valence-corrected chi connectivity index (χ1v) is 7.07. The minimum Gasteiger partial charge on any atom is -0.330 e. The maximum absolute atomic E-state index is 11.8. The number of rotatable bonds is 6. The summed E-state index contributed by atoms with van der Waals surface area (Å²) in [5, 5.41) is 0.918. The molecule has 0 saturated heterocycles. The summed E-state index contributed by atoms with van der Waals surface area (Å²) in [6.45, 7) is 2.72. The van der Waals surface area contributed by atoms with E-state index < -0.39 is 0 Å². The van der Waals surface area contributed by atoms with Gasteiger partial charge in [0.25, 0.3) is 0 Å². The Labute approximate surface area is 111 Å². The van der Waals surface area contributed by atoms with E-state index in [4.69, 9.17) is 5.73 Å². The molecule has 0 aliphatic rings. The number of carbonyl (C=O) groups is 1. The Morgan fingerprint density at radius 1 is 1.44 bits per heavy atom. The highest BCUT2D eigenvalue weighted by atomic mass is 32.1. The fourth-order valence-electron chi connectivity index (χ4n) is 1.78. The third kappa shape index (κ3) is 3.37. The lowest BCUT2D eigenvalue weighted by atomic mass is 10.0. The quantitative estimate of drug-likeness (QED) is 0.871. The average Bonchev–Trinajstić information content (AvgIpc) is 2.77. The molecule has 0 spiro atoms. The molecule has 0 bridgehead atoms. The van der Waals surface area contributed by atoms with Crippen molar-refractivity contribution in [1.82, 2.24) is 4.98 Å². The number of aromatic nitrogens is 1. The van der Waals surface area contributed by atoms with Gasteiger partial charge in [-0.1, -0.05) is 19.1 Å². The molecule has 1 atom stereocenters. The lowest BCUT2D eigenvalue weighted by molar-refractivity contribution is -0.118. The number of Topliss-reactive ketones (excluding diaryl/α,β-unsaturated/α-hetero) is 1. The van der Waals surface area contributed by atoms with Crippen molar-refractivity contribution in [1.29, 1.82) is 0 Å². The second-order valence-corrected chi connectivity index (χ2v) is 5.79. The summed E-state index contributed by atoms with van der Waals surface area (Å²) in [6, 6.07) is 7.99. The zero-order chi connectivity index (χ0) is 13.0. The second kappa shape index (κ2) is 6.07. The molecule has 3 nitrogen and oxygen atoms in total. The first-order valence-electron chi connectivity index (χ1n) is 6.25. The molecular formula is C14H18N2OS. The number of benzene rings is 1. The minimum atomic E-state index is 0.259. The number of nitrogens with two attached hydrogens (primary N) is 1. The van der Waals surface area contributed by atoms with Crippen LogP contribution in [0.1, 0.15) is 24.8 Å². The normalized spacial score (nSPS) is 12.8. The standard InChI is InChI=1S/C14H18N2OS/c1-10(9-15)6-7-11(17)8-14-16-12-4-2-3-5-13(12)18-14/h2-5,10H,6-9,15H2,1H3. The summed E-state index contributed by atoms with van der Waals surface area (Å²) in [5.74, 6) is 0.679. The Balaban J connectivity index is 1.94. The van der Waals surface area contributed by atoms with Gasteiger partial charge in [-0.25, -0.2) is 4.98 Å². The van der Waals surface area contributed by atoms with Gasteiger partial charge in [-0.05, 0) is 31.0 Å². The number of carbonyl (C=O) groups excluding carboxylic acids is 1. The SMILES string of the molecule is CC(CN)CCC(=O)Cc1nc2ccccc2s1. The third-order valence-corrected chi connectivity index (χ3v) is 4.04. The molecule has 0 fully saturated rings. The van der Waals surface area contributed by atoms with Crippen LogP contribution in [0.4, 0.5) is 0 Å². The Morgan fingerprint density at radius 3 is 2.94 bits per heavy atom. The Morgan fingerprint density at radius 2 is 2.22 bits per heavy atom. The van der Waals surface area contributed by atoms with Crippen molar-refractivity contribution in [3.8, 4) is 0 Å². The largest absolute Gasteiger partial charge is 0.330 e. The van der Waals surface area contributed by atoms with Crippen LogP contribution in [0, 0.1) is 5.92 Å². The monoisotopic (exact) mass is 262 g/mol. The summed E-state index contributed by atoms with van der Waals surface area (Å²) in [6.07, 6.45) is 1.94. The van der Waals surface area contributed by atoms with Crippen LogP contribution in [0.15, 0.2) is 24.3 Å². The molecule has 18 heavy (non-hydrogen) atoms. The first-order chi connectivity index (χ1) is 8.69. The van der Waals surface area contributed by atoms with Crippen molar-refractivity contribution in [3.05, 3.63) is 29.3 Å². The highest BCUT2D eigenvalue weighted by Crippen LogP contribution is 2.22. The van der Waals surface area contributed by atoms with Gasteiger partial charge in [0.2, 0.25) is 0 Å². The molecule has 0 saturated carbocycles. The molecule has 0 amide bonds. The zero-order valence-corrected chi connectivity index (χ0v) is 11.4. The highest BCUT2D eigenvalue weighted by Gasteiger charge is 2.10. The van der Waals surface area contributed by atoms with Gasteiger partial charge in [0, 0.05) is 6.42 Å². The molecule has 1 aromatic carbocycles. The van der Waals surface area contributed by atoms with Crippen molar-refractivity contribution in [2.24, 2.45) is 11.7 Å². The molecule has 1 aromatic heterocycles. The van der Waals surface area contributed by atoms with Gasteiger partial charge in [0.1, 0.15) is 10.8 Å². The Hall–Kier alpha value is -1.26. The summed E-state index contributed by atoms with van der Waals surface area (Å²) < 4.78 is 1.15. The number of nitrogens with zero attached hydrogens (tertiary/aromatic N) is 1. The molecular weight excluding hydrogens is 244 g/mol. The maximum Gasteiger partial charge on any atom is 0.139 e. The predicted octanol–water partition coefficient (Wildman–Crippen LogP) is 2.78. The lowest BCUT2D eigenvalue weighted by Gasteiger charge is -2.05. The van der Waals surface area contributed by atoms with E-state index in [9.17, 15) is 4.79 Å². The smallest absolute Gasteiger partial charge is 0.139 e. The summed E-state index contributed by atoms with van der Waals surface area (Å²) in [4.78, 5) is 16.3. The number of hydrogen-bond acceptors (Lipinski definition) is 4. The molecule has 0 aliphatic carbocycles. The van der Waals surface area contributed by atoms with Crippen molar-refractivity contribution < 1.29 is 4.79 Å². The van der Waals surface area contributed by atoms with Crippen LogP contribution in [0.5, 0.6) is 0 Å². The molecule has 2 N–H and O–H groups in total. The number of hydrogen-bond donors (Lipinski definition) is 1. The van der Waals surface area contributed by atoms with Crippen LogP contribution in [0.25, 0.3) is 10.2 Å². The second-order valence-electron chi connectivity index (χ2n) is 4.67. The van der Waals surface area contributed by atoms with Gasteiger partial charge in [0.05, 0.1) is 16.6 Å². The molecule has 2 aromatic rings. The number of para-hydroxylation sites is 1. The molecule has 2 rings (SSSR count). The van der Waals surface area contributed by atoms with Crippen LogP contribution in [0.2, 0.25) is 0 Å². The highest BCUT2D eigenvalue weighted by molar-refractivity contribution is 7.18. The van der Waals surface area contributed by atoms with E-state index >= 15 is 0 Å². The summed E-state index contributed by atoms with van der Waals surface area (Å²) in [5.41, 5.74) is 6.53. The Kier molecular flexibility index (Phi) is 4.44. The third-order valence-electron chi connectivity index (χ3n) is 3.00. The first kappa shape index (κ1) is 13.2. The fraction of sp³-hybridized carbons (Fsp3) is 0.429. The van der Waals surface area contributed by atoms with E-state index in [1.165, 1.54) is 0 Å². The number of thiazole rings is 1. The fourth-order valence-corrected chi connectivity index (χ4v) is 2.77. The van der Waals surface area contributed by atoms with Crippen LogP contribution >= 0.6 is 11.3 Å². The predicted molar refractivity (Wildman–Crippen MR) is 75.8 cm³/mol. The van der Waals surface area contributed by atoms with Crippen LogP contribution in [0.3, 0.4) is 0 Å². The zero-order valence-electron chi connectivity index (χ0n) is 10.6. The van der Waals surface area contributed by atoms with Crippen molar-refractivity contribution in [2.75, 3.05) is 6.54 Å². The Bertz CT molecular complexity index is 502. The molecule has 1 heterocycles. The molecule has 1 unspecified atom stereocenters. The van der Waals surface area contributed by atoms with Gasteiger partial charge < -0.3 is 5.73 Å². The maximum atomic E-state index is 11.8.